The highest BCUT2D eigenvalue weighted by molar-refractivity contribution is 5.80. The van der Waals surface area contributed by atoms with Gasteiger partial charge in [0.05, 0.1) is 17.4 Å². The van der Waals surface area contributed by atoms with Crippen LogP contribution in [0.25, 0.3) is 11.0 Å². The Hall–Kier alpha value is -1.88. The second-order valence-corrected chi connectivity index (χ2v) is 3.63. The molecule has 0 bridgehead atoms. The Balaban J connectivity index is 2.30. The minimum Gasteiger partial charge on any atom is -0.368 e. The zero-order valence-corrected chi connectivity index (χ0v) is 9.05. The number of imidazole rings is 1. The number of nitrogens with two attached hydrogens (primary N) is 1. The number of carbonyl (C=O) groups is 1. The summed E-state index contributed by atoms with van der Waals surface area (Å²) in [5, 5.41) is 2.88. The molecule has 1 aromatic heterocycles. The van der Waals surface area contributed by atoms with E-state index < -0.39 is 0 Å². The summed E-state index contributed by atoms with van der Waals surface area (Å²) in [5.41, 5.74) is 7.19. The molecule has 5 nitrogen and oxygen atoms in total. The Bertz CT molecular complexity index is 505. The Morgan fingerprint density at radius 2 is 2.31 bits per heavy atom. The van der Waals surface area contributed by atoms with Crippen molar-refractivity contribution in [2.75, 3.05) is 7.05 Å². The molecule has 1 atom stereocenters. The van der Waals surface area contributed by atoms with E-state index in [0.717, 1.165) is 11.0 Å². The van der Waals surface area contributed by atoms with Crippen molar-refractivity contribution in [2.24, 2.45) is 5.73 Å². The number of nitrogens with one attached hydrogen (secondary N) is 1. The number of amides is 1. The zero-order valence-electron chi connectivity index (χ0n) is 9.05. The van der Waals surface area contributed by atoms with Gasteiger partial charge >= 0.3 is 0 Å². The lowest BCUT2D eigenvalue weighted by Gasteiger charge is -2.13. The van der Waals surface area contributed by atoms with Crippen LogP contribution < -0.4 is 11.1 Å². The first-order valence-corrected chi connectivity index (χ1v) is 5.09. The van der Waals surface area contributed by atoms with Gasteiger partial charge in [-0.15, -0.1) is 0 Å². The number of hydrogen-bond donors (Lipinski definition) is 2. The van der Waals surface area contributed by atoms with Gasteiger partial charge < -0.3 is 15.6 Å². The third kappa shape index (κ3) is 1.90. The van der Waals surface area contributed by atoms with Crippen LogP contribution in [0.5, 0.6) is 0 Å². The van der Waals surface area contributed by atoms with Crippen LogP contribution in [0.15, 0.2) is 30.6 Å². The smallest absolute Gasteiger partial charge is 0.236 e. The molecule has 0 aliphatic carbocycles. The van der Waals surface area contributed by atoms with E-state index in [1.165, 1.54) is 0 Å². The van der Waals surface area contributed by atoms with Crippen LogP contribution >= 0.6 is 0 Å². The van der Waals surface area contributed by atoms with Gasteiger partial charge in [-0.3, -0.25) is 4.79 Å². The molecule has 0 radical (unpaired) electrons. The molecule has 3 N–H and O–H groups in total. The SMILES string of the molecule is CNC(Cn1cnc2ccccc21)C(N)=O. The number of fused-ring (bicyclic) bond motifs is 1. The van der Waals surface area contributed by atoms with Crippen molar-refractivity contribution in [1.29, 1.82) is 0 Å². The van der Waals surface area contributed by atoms with Crippen LogP contribution in [0.2, 0.25) is 0 Å². The summed E-state index contributed by atoms with van der Waals surface area (Å²) >= 11 is 0. The van der Waals surface area contributed by atoms with Crippen LogP contribution in [0.1, 0.15) is 0 Å². The first-order chi connectivity index (χ1) is 7.72. The van der Waals surface area contributed by atoms with Gasteiger partial charge in [0.15, 0.2) is 0 Å². The quantitative estimate of drug-likeness (QED) is 0.765. The fraction of sp³-hybridized carbons (Fsp3) is 0.273. The number of likely N-dealkylation sites (N-methyl/N-ethyl adjacent to an activating group) is 1. The maximum Gasteiger partial charge on any atom is 0.236 e. The van der Waals surface area contributed by atoms with Gasteiger partial charge in [-0.1, -0.05) is 12.1 Å². The van der Waals surface area contributed by atoms with Gasteiger partial charge in [0, 0.05) is 6.54 Å². The molecule has 16 heavy (non-hydrogen) atoms. The fourth-order valence-corrected chi connectivity index (χ4v) is 1.68. The molecule has 0 saturated heterocycles. The molecule has 2 rings (SSSR count). The van der Waals surface area contributed by atoms with Crippen molar-refractivity contribution in [3.8, 4) is 0 Å². The minimum atomic E-state index is -0.377. The molecule has 0 spiro atoms. The normalized spacial score (nSPS) is 12.8. The number of primary amides is 1. The molecule has 1 aromatic carbocycles. The Kier molecular flexibility index (Phi) is 2.87. The lowest BCUT2D eigenvalue weighted by atomic mass is 10.2. The summed E-state index contributed by atoms with van der Waals surface area (Å²) in [6, 6.07) is 7.40. The van der Waals surface area contributed by atoms with E-state index >= 15 is 0 Å². The molecular weight excluding hydrogens is 204 g/mol. The molecule has 84 valence electrons. The number of carbonyl (C=O) groups excluding carboxylic acids is 1. The van der Waals surface area contributed by atoms with Gasteiger partial charge in [-0.2, -0.15) is 0 Å². The number of hydrogen-bond acceptors (Lipinski definition) is 3. The zero-order chi connectivity index (χ0) is 11.5. The third-order valence-corrected chi connectivity index (χ3v) is 2.60. The Labute approximate surface area is 93.3 Å². The van der Waals surface area contributed by atoms with E-state index in [9.17, 15) is 4.79 Å². The number of benzene rings is 1. The number of rotatable bonds is 4. The second-order valence-electron chi connectivity index (χ2n) is 3.63. The molecule has 5 heteroatoms. The number of nitrogens with zero attached hydrogens (tertiary/aromatic N) is 2. The molecule has 1 amide bonds. The van der Waals surface area contributed by atoms with Gasteiger partial charge in [0.1, 0.15) is 6.04 Å². The summed E-state index contributed by atoms with van der Waals surface area (Å²) in [6.45, 7) is 0.492. The standard InChI is InChI=1S/C11H14N4O/c1-13-9(11(12)16)6-15-7-14-8-4-2-3-5-10(8)15/h2-5,7,9,13H,6H2,1H3,(H2,12,16). The number of aromatic nitrogens is 2. The first-order valence-electron chi connectivity index (χ1n) is 5.09. The fourth-order valence-electron chi connectivity index (χ4n) is 1.68. The largest absolute Gasteiger partial charge is 0.368 e. The van der Waals surface area contributed by atoms with Crippen LogP contribution in [0.3, 0.4) is 0 Å². The van der Waals surface area contributed by atoms with Crippen molar-refractivity contribution >= 4 is 16.9 Å². The van der Waals surface area contributed by atoms with E-state index in [0.29, 0.717) is 6.54 Å². The first kappa shape index (κ1) is 10.6. The molecular formula is C11H14N4O. The molecule has 0 aliphatic rings. The van der Waals surface area contributed by atoms with Gasteiger partial charge in [-0.25, -0.2) is 4.98 Å². The number of para-hydroxylation sites is 2. The average molecular weight is 218 g/mol. The minimum absolute atomic E-state index is 0.361. The Morgan fingerprint density at radius 3 is 3.00 bits per heavy atom. The maximum absolute atomic E-state index is 11.1. The van der Waals surface area contributed by atoms with Crippen LogP contribution in [-0.2, 0) is 11.3 Å². The van der Waals surface area contributed by atoms with Crippen LogP contribution in [-0.4, -0.2) is 28.5 Å². The van der Waals surface area contributed by atoms with Gasteiger partial charge in [0.25, 0.3) is 0 Å². The molecule has 0 aliphatic heterocycles. The van der Waals surface area contributed by atoms with Crippen molar-refractivity contribution in [3.63, 3.8) is 0 Å². The summed E-state index contributed by atoms with van der Waals surface area (Å²) in [6.07, 6.45) is 1.72. The highest BCUT2D eigenvalue weighted by Crippen LogP contribution is 2.11. The third-order valence-electron chi connectivity index (χ3n) is 2.60. The lowest BCUT2D eigenvalue weighted by molar-refractivity contribution is -0.120. The predicted octanol–water partition coefficient (Wildman–Crippen LogP) is 0.110. The highest BCUT2D eigenvalue weighted by Gasteiger charge is 2.14. The van der Waals surface area contributed by atoms with Gasteiger partial charge in [0.2, 0.25) is 5.91 Å². The van der Waals surface area contributed by atoms with Crippen molar-refractivity contribution < 1.29 is 4.79 Å². The van der Waals surface area contributed by atoms with Crippen molar-refractivity contribution in [3.05, 3.63) is 30.6 Å². The van der Waals surface area contributed by atoms with E-state index in [1.54, 1.807) is 13.4 Å². The summed E-state index contributed by atoms with van der Waals surface area (Å²) in [7, 11) is 1.72. The van der Waals surface area contributed by atoms with E-state index in [4.69, 9.17) is 5.73 Å². The summed E-state index contributed by atoms with van der Waals surface area (Å²) in [4.78, 5) is 15.4. The predicted molar refractivity (Wildman–Crippen MR) is 61.8 cm³/mol. The van der Waals surface area contributed by atoms with Crippen molar-refractivity contribution in [1.82, 2.24) is 14.9 Å². The molecule has 1 heterocycles. The topological polar surface area (TPSA) is 72.9 Å². The van der Waals surface area contributed by atoms with E-state index in [-0.39, 0.29) is 11.9 Å². The molecule has 1 unspecified atom stereocenters. The van der Waals surface area contributed by atoms with Crippen LogP contribution in [0.4, 0.5) is 0 Å². The summed E-state index contributed by atoms with van der Waals surface area (Å²) < 4.78 is 1.92. The van der Waals surface area contributed by atoms with E-state index in [2.05, 4.69) is 10.3 Å². The molecule has 0 fully saturated rings. The molecule has 0 saturated carbocycles. The second kappa shape index (κ2) is 4.32. The lowest BCUT2D eigenvalue weighted by Crippen LogP contribution is -2.42. The van der Waals surface area contributed by atoms with Gasteiger partial charge in [-0.05, 0) is 19.2 Å². The monoisotopic (exact) mass is 218 g/mol. The summed E-state index contributed by atoms with van der Waals surface area (Å²) in [5.74, 6) is -0.361. The Morgan fingerprint density at radius 1 is 1.56 bits per heavy atom. The van der Waals surface area contributed by atoms with Crippen molar-refractivity contribution in [2.45, 2.75) is 12.6 Å². The average Bonchev–Trinajstić information content (AvgIpc) is 2.69. The van der Waals surface area contributed by atoms with Crippen LogP contribution in [0, 0.1) is 0 Å². The molecule has 2 aromatic rings. The highest BCUT2D eigenvalue weighted by atomic mass is 16.1. The maximum atomic E-state index is 11.1. The van der Waals surface area contributed by atoms with E-state index in [1.807, 2.05) is 28.8 Å².